The predicted octanol–water partition coefficient (Wildman–Crippen LogP) is 2.23. The molecule has 0 unspecified atom stereocenters. The molecular formula is C6H4ClF3N2. The first-order valence-electron chi connectivity index (χ1n) is 2.99. The number of rotatable bonds is 1. The van der Waals surface area contributed by atoms with Crippen LogP contribution in [0, 0.1) is 0 Å². The van der Waals surface area contributed by atoms with Crippen molar-refractivity contribution in [1.29, 1.82) is 0 Å². The minimum absolute atomic E-state index is 0.0218. The van der Waals surface area contributed by atoms with Crippen molar-refractivity contribution in [2.75, 3.05) is 0 Å². The molecule has 0 aliphatic carbocycles. The molecule has 12 heavy (non-hydrogen) atoms. The van der Waals surface area contributed by atoms with E-state index in [-0.39, 0.29) is 11.7 Å². The van der Waals surface area contributed by atoms with Crippen LogP contribution in [0.3, 0.4) is 0 Å². The molecule has 2 nitrogen and oxygen atoms in total. The third-order valence-electron chi connectivity index (χ3n) is 1.12. The first-order valence-corrected chi connectivity index (χ1v) is 3.52. The summed E-state index contributed by atoms with van der Waals surface area (Å²) >= 11 is 5.26. The van der Waals surface area contributed by atoms with Gasteiger partial charge in [0.1, 0.15) is 11.5 Å². The lowest BCUT2D eigenvalue weighted by Crippen LogP contribution is -2.09. The van der Waals surface area contributed by atoms with Gasteiger partial charge in [-0.3, -0.25) is 0 Å². The highest BCUT2D eigenvalue weighted by molar-refractivity contribution is 6.16. The van der Waals surface area contributed by atoms with Crippen molar-refractivity contribution < 1.29 is 13.2 Å². The van der Waals surface area contributed by atoms with E-state index in [1.807, 2.05) is 0 Å². The van der Waals surface area contributed by atoms with Gasteiger partial charge in [-0.1, -0.05) is 0 Å². The van der Waals surface area contributed by atoms with Gasteiger partial charge in [-0.25, -0.2) is 9.97 Å². The average Bonchev–Trinajstić information content (AvgIpc) is 2.03. The lowest BCUT2D eigenvalue weighted by Gasteiger charge is -2.04. The lowest BCUT2D eigenvalue weighted by molar-refractivity contribution is -0.141. The van der Waals surface area contributed by atoms with Crippen LogP contribution in [-0.4, -0.2) is 9.97 Å². The molecule has 0 amide bonds. The van der Waals surface area contributed by atoms with Crippen molar-refractivity contribution in [3.63, 3.8) is 0 Å². The summed E-state index contributed by atoms with van der Waals surface area (Å²) in [5.41, 5.74) is -0.965. The maximum Gasteiger partial charge on any atom is 0.433 e. The van der Waals surface area contributed by atoms with Gasteiger partial charge in [0.15, 0.2) is 0 Å². The highest BCUT2D eigenvalue weighted by atomic mass is 35.5. The summed E-state index contributed by atoms with van der Waals surface area (Å²) in [7, 11) is 0. The summed E-state index contributed by atoms with van der Waals surface area (Å²) in [5.74, 6) is -0.143. The fourth-order valence-electron chi connectivity index (χ4n) is 0.621. The van der Waals surface area contributed by atoms with Crippen molar-refractivity contribution in [2.24, 2.45) is 0 Å². The Balaban J connectivity index is 3.02. The molecule has 1 heterocycles. The highest BCUT2D eigenvalue weighted by Gasteiger charge is 2.32. The number of hydrogen-bond donors (Lipinski definition) is 0. The molecule has 0 radical (unpaired) electrons. The summed E-state index contributed by atoms with van der Waals surface area (Å²) in [6, 6.07) is 0.802. The van der Waals surface area contributed by atoms with E-state index in [0.29, 0.717) is 0 Å². The molecule has 0 atom stereocenters. The van der Waals surface area contributed by atoms with Crippen molar-refractivity contribution in [1.82, 2.24) is 9.97 Å². The zero-order valence-corrected chi connectivity index (χ0v) is 6.52. The molecule has 66 valence electrons. The smallest absolute Gasteiger partial charge is 0.240 e. The van der Waals surface area contributed by atoms with Crippen molar-refractivity contribution in [3.8, 4) is 0 Å². The van der Waals surface area contributed by atoms with Crippen LogP contribution in [0.15, 0.2) is 12.3 Å². The van der Waals surface area contributed by atoms with E-state index in [4.69, 9.17) is 11.6 Å². The van der Waals surface area contributed by atoms with E-state index in [1.54, 1.807) is 0 Å². The van der Waals surface area contributed by atoms with Gasteiger partial charge in [-0.2, -0.15) is 13.2 Å². The van der Waals surface area contributed by atoms with Gasteiger partial charge in [0, 0.05) is 6.20 Å². The topological polar surface area (TPSA) is 25.8 Å². The zero-order chi connectivity index (χ0) is 9.19. The Kier molecular flexibility index (Phi) is 2.52. The van der Waals surface area contributed by atoms with E-state index in [1.165, 1.54) is 0 Å². The predicted molar refractivity (Wildman–Crippen MR) is 36.6 cm³/mol. The molecule has 0 saturated carbocycles. The van der Waals surface area contributed by atoms with E-state index < -0.39 is 11.9 Å². The Labute approximate surface area is 71.4 Å². The second-order valence-corrected chi connectivity index (χ2v) is 2.26. The maximum absolute atomic E-state index is 12.0. The minimum atomic E-state index is -4.43. The number of halogens is 4. The van der Waals surface area contributed by atoms with Crippen LogP contribution in [0.25, 0.3) is 0 Å². The van der Waals surface area contributed by atoms with Crippen LogP contribution in [0.4, 0.5) is 13.2 Å². The van der Waals surface area contributed by atoms with Crippen LogP contribution >= 0.6 is 11.6 Å². The third kappa shape index (κ3) is 2.07. The lowest BCUT2D eigenvalue weighted by atomic mass is 10.4. The molecule has 0 saturated heterocycles. The van der Waals surface area contributed by atoms with Gasteiger partial charge in [0.2, 0.25) is 0 Å². The summed E-state index contributed by atoms with van der Waals surface area (Å²) in [6.07, 6.45) is -3.39. The molecule has 6 heteroatoms. The van der Waals surface area contributed by atoms with Crippen LogP contribution in [0.2, 0.25) is 0 Å². The second-order valence-electron chi connectivity index (χ2n) is 1.99. The third-order valence-corrected chi connectivity index (χ3v) is 1.35. The molecule has 1 rings (SSSR count). The van der Waals surface area contributed by atoms with E-state index in [2.05, 4.69) is 9.97 Å². The number of hydrogen-bond acceptors (Lipinski definition) is 2. The van der Waals surface area contributed by atoms with Crippen LogP contribution in [-0.2, 0) is 12.1 Å². The Morgan fingerprint density at radius 3 is 2.58 bits per heavy atom. The fraction of sp³-hybridized carbons (Fsp3) is 0.333. The van der Waals surface area contributed by atoms with E-state index in [0.717, 1.165) is 12.3 Å². The van der Waals surface area contributed by atoms with Crippen LogP contribution in [0.5, 0.6) is 0 Å². The van der Waals surface area contributed by atoms with E-state index >= 15 is 0 Å². The van der Waals surface area contributed by atoms with E-state index in [9.17, 15) is 13.2 Å². The summed E-state index contributed by atoms with van der Waals surface area (Å²) in [4.78, 5) is 6.72. The molecule has 0 spiro atoms. The summed E-state index contributed by atoms with van der Waals surface area (Å²) in [6.45, 7) is 0. The van der Waals surface area contributed by atoms with Crippen LogP contribution < -0.4 is 0 Å². The standard InChI is InChI=1S/C6H4ClF3N2/c7-3-5-11-2-1-4(12-5)6(8,9)10/h1-2H,3H2. The minimum Gasteiger partial charge on any atom is -0.240 e. The molecule has 0 aromatic carbocycles. The Morgan fingerprint density at radius 1 is 1.42 bits per heavy atom. The fourth-order valence-corrected chi connectivity index (χ4v) is 0.750. The van der Waals surface area contributed by atoms with Gasteiger partial charge in [-0.15, -0.1) is 11.6 Å². The summed E-state index contributed by atoms with van der Waals surface area (Å²) < 4.78 is 35.9. The quantitative estimate of drug-likeness (QED) is 0.644. The number of alkyl halides is 4. The van der Waals surface area contributed by atoms with Gasteiger partial charge in [-0.05, 0) is 6.07 Å². The molecule has 1 aromatic rings. The Hall–Kier alpha value is -0.840. The number of nitrogens with zero attached hydrogens (tertiary/aromatic N) is 2. The van der Waals surface area contributed by atoms with Gasteiger partial charge >= 0.3 is 6.18 Å². The average molecular weight is 197 g/mol. The Bertz CT molecular complexity index is 274. The van der Waals surface area contributed by atoms with Gasteiger partial charge in [0.05, 0.1) is 5.88 Å². The molecule has 1 aromatic heterocycles. The van der Waals surface area contributed by atoms with Crippen LogP contribution in [0.1, 0.15) is 11.5 Å². The number of aromatic nitrogens is 2. The molecule has 0 aliphatic rings. The van der Waals surface area contributed by atoms with Gasteiger partial charge < -0.3 is 0 Å². The first-order chi connectivity index (χ1) is 5.54. The first kappa shape index (κ1) is 9.25. The summed E-state index contributed by atoms with van der Waals surface area (Å²) in [5, 5.41) is 0. The van der Waals surface area contributed by atoms with Crippen molar-refractivity contribution in [2.45, 2.75) is 12.1 Å². The molecule has 0 N–H and O–H groups in total. The second kappa shape index (κ2) is 3.26. The molecule has 0 bridgehead atoms. The van der Waals surface area contributed by atoms with Crippen molar-refractivity contribution in [3.05, 3.63) is 23.8 Å². The van der Waals surface area contributed by atoms with Gasteiger partial charge in [0.25, 0.3) is 0 Å². The Morgan fingerprint density at radius 2 is 2.08 bits per heavy atom. The molecule has 0 aliphatic heterocycles. The zero-order valence-electron chi connectivity index (χ0n) is 5.77. The molecule has 0 fully saturated rings. The largest absolute Gasteiger partial charge is 0.433 e. The monoisotopic (exact) mass is 196 g/mol. The normalized spacial score (nSPS) is 11.7. The molecular weight excluding hydrogens is 193 g/mol. The SMILES string of the molecule is FC(F)(F)c1ccnc(CCl)n1. The maximum atomic E-state index is 12.0. The highest BCUT2D eigenvalue weighted by Crippen LogP contribution is 2.26. The van der Waals surface area contributed by atoms with Crippen molar-refractivity contribution >= 4 is 11.6 Å².